The van der Waals surface area contributed by atoms with Gasteiger partial charge in [-0.3, -0.25) is 0 Å². The largest absolute Gasteiger partial charge is 0.303 e. The summed E-state index contributed by atoms with van der Waals surface area (Å²) in [5, 5.41) is 3.65. The number of aryl methyl sites for hydroxylation is 1. The van der Waals surface area contributed by atoms with Gasteiger partial charge in [-0.1, -0.05) is 12.1 Å². The zero-order valence-electron chi connectivity index (χ0n) is 11.3. The first kappa shape index (κ1) is 14.2. The second kappa shape index (κ2) is 5.96. The van der Waals surface area contributed by atoms with Crippen molar-refractivity contribution in [1.82, 2.24) is 5.32 Å². The van der Waals surface area contributed by atoms with Crippen LogP contribution in [0.3, 0.4) is 0 Å². The van der Waals surface area contributed by atoms with E-state index in [2.05, 4.69) is 34.2 Å². The Balaban J connectivity index is 1.78. The van der Waals surface area contributed by atoms with E-state index in [4.69, 9.17) is 0 Å². The summed E-state index contributed by atoms with van der Waals surface area (Å²) >= 11 is 5.42. The molecule has 1 aromatic carbocycles. The van der Waals surface area contributed by atoms with Gasteiger partial charge in [-0.15, -0.1) is 11.3 Å². The van der Waals surface area contributed by atoms with Crippen LogP contribution in [-0.2, 0) is 6.42 Å². The number of nitrogens with one attached hydrogen (secondary N) is 1. The molecule has 0 aliphatic heterocycles. The highest BCUT2D eigenvalue weighted by Crippen LogP contribution is 2.38. The molecule has 0 spiro atoms. The molecule has 1 N–H and O–H groups in total. The van der Waals surface area contributed by atoms with Gasteiger partial charge in [0.2, 0.25) is 0 Å². The standard InChI is InChI=1S/C16H17BrFNS/c1-10(11-4-2-5-12(18)8-11)19-14-6-3-7-15-13(14)9-16(17)20-15/h2,4-5,8-10,14,19H,3,6-7H2,1H3. The lowest BCUT2D eigenvalue weighted by molar-refractivity contribution is 0.417. The van der Waals surface area contributed by atoms with E-state index in [1.165, 1.54) is 33.1 Å². The molecule has 0 saturated heterocycles. The van der Waals surface area contributed by atoms with Crippen molar-refractivity contribution in [2.24, 2.45) is 0 Å². The molecule has 0 bridgehead atoms. The van der Waals surface area contributed by atoms with Crippen LogP contribution < -0.4 is 5.32 Å². The second-order valence-corrected chi connectivity index (χ2v) is 7.83. The van der Waals surface area contributed by atoms with Crippen molar-refractivity contribution in [3.8, 4) is 0 Å². The molecule has 0 radical (unpaired) electrons. The second-order valence-electron chi connectivity index (χ2n) is 5.32. The van der Waals surface area contributed by atoms with E-state index in [1.807, 2.05) is 17.4 Å². The molecule has 2 aromatic rings. The Hall–Kier alpha value is -0.710. The molecule has 3 rings (SSSR count). The third kappa shape index (κ3) is 2.97. The molecule has 1 aromatic heterocycles. The van der Waals surface area contributed by atoms with E-state index in [-0.39, 0.29) is 11.9 Å². The smallest absolute Gasteiger partial charge is 0.123 e. The normalized spacial score (nSPS) is 19.6. The Morgan fingerprint density at radius 2 is 2.25 bits per heavy atom. The van der Waals surface area contributed by atoms with Crippen LogP contribution in [0.15, 0.2) is 34.1 Å². The van der Waals surface area contributed by atoms with Gasteiger partial charge >= 0.3 is 0 Å². The van der Waals surface area contributed by atoms with Crippen molar-refractivity contribution >= 4 is 27.3 Å². The lowest BCUT2D eigenvalue weighted by atomic mass is 9.93. The minimum absolute atomic E-state index is 0.153. The molecule has 2 atom stereocenters. The average Bonchev–Trinajstić information content (AvgIpc) is 2.80. The van der Waals surface area contributed by atoms with Crippen molar-refractivity contribution in [2.45, 2.75) is 38.3 Å². The molecule has 1 aliphatic rings. The van der Waals surface area contributed by atoms with Crippen LogP contribution in [0.25, 0.3) is 0 Å². The van der Waals surface area contributed by atoms with Crippen LogP contribution in [0, 0.1) is 5.82 Å². The monoisotopic (exact) mass is 353 g/mol. The highest BCUT2D eigenvalue weighted by atomic mass is 79.9. The summed E-state index contributed by atoms with van der Waals surface area (Å²) in [6.07, 6.45) is 3.54. The Morgan fingerprint density at radius 3 is 3.05 bits per heavy atom. The van der Waals surface area contributed by atoms with Gasteiger partial charge in [0.1, 0.15) is 5.82 Å². The number of thiophene rings is 1. The first-order valence-electron chi connectivity index (χ1n) is 6.93. The molecule has 1 aliphatic carbocycles. The van der Waals surface area contributed by atoms with Gasteiger partial charge in [0.05, 0.1) is 3.79 Å². The number of benzene rings is 1. The molecule has 106 valence electrons. The number of hydrogen-bond acceptors (Lipinski definition) is 2. The van der Waals surface area contributed by atoms with Gasteiger partial charge in [0.15, 0.2) is 0 Å². The fraction of sp³-hybridized carbons (Fsp3) is 0.375. The van der Waals surface area contributed by atoms with Crippen molar-refractivity contribution < 1.29 is 4.39 Å². The molecule has 2 unspecified atom stereocenters. The molecule has 0 saturated carbocycles. The number of fused-ring (bicyclic) bond motifs is 1. The minimum atomic E-state index is -0.168. The molecule has 0 amide bonds. The summed E-state index contributed by atoms with van der Waals surface area (Å²) in [5.41, 5.74) is 2.42. The predicted octanol–water partition coefficient (Wildman–Crippen LogP) is 5.38. The summed E-state index contributed by atoms with van der Waals surface area (Å²) in [6.45, 7) is 2.10. The van der Waals surface area contributed by atoms with Crippen molar-refractivity contribution in [3.63, 3.8) is 0 Å². The SMILES string of the molecule is CC(NC1CCCc2sc(Br)cc21)c1cccc(F)c1. The highest BCUT2D eigenvalue weighted by molar-refractivity contribution is 9.11. The summed E-state index contributed by atoms with van der Waals surface area (Å²) in [5.74, 6) is -0.168. The van der Waals surface area contributed by atoms with Gasteiger partial charge in [-0.2, -0.15) is 0 Å². The van der Waals surface area contributed by atoms with Gasteiger partial charge in [0.25, 0.3) is 0 Å². The minimum Gasteiger partial charge on any atom is -0.303 e. The maximum Gasteiger partial charge on any atom is 0.123 e. The average molecular weight is 354 g/mol. The van der Waals surface area contributed by atoms with E-state index in [0.29, 0.717) is 6.04 Å². The third-order valence-electron chi connectivity index (χ3n) is 3.88. The lowest BCUT2D eigenvalue weighted by Crippen LogP contribution is -2.27. The number of hydrogen-bond donors (Lipinski definition) is 1. The zero-order valence-corrected chi connectivity index (χ0v) is 13.7. The van der Waals surface area contributed by atoms with E-state index >= 15 is 0 Å². The van der Waals surface area contributed by atoms with E-state index in [0.717, 1.165) is 12.0 Å². The summed E-state index contributed by atoms with van der Waals surface area (Å²) < 4.78 is 14.5. The van der Waals surface area contributed by atoms with Gasteiger partial charge in [-0.05, 0) is 71.4 Å². The van der Waals surface area contributed by atoms with Gasteiger partial charge < -0.3 is 5.32 Å². The molecule has 1 heterocycles. The molecular formula is C16H17BrFNS. The molecule has 20 heavy (non-hydrogen) atoms. The fourth-order valence-electron chi connectivity index (χ4n) is 2.87. The van der Waals surface area contributed by atoms with E-state index < -0.39 is 0 Å². The van der Waals surface area contributed by atoms with Crippen molar-refractivity contribution in [1.29, 1.82) is 0 Å². The van der Waals surface area contributed by atoms with Crippen LogP contribution in [0.2, 0.25) is 0 Å². The van der Waals surface area contributed by atoms with Crippen LogP contribution >= 0.6 is 27.3 Å². The molecule has 1 nitrogen and oxygen atoms in total. The summed E-state index contributed by atoms with van der Waals surface area (Å²) in [6, 6.07) is 9.62. The zero-order chi connectivity index (χ0) is 14.1. The Kier molecular flexibility index (Phi) is 4.24. The van der Waals surface area contributed by atoms with Crippen molar-refractivity contribution in [2.75, 3.05) is 0 Å². The Labute approximate surface area is 131 Å². The lowest BCUT2D eigenvalue weighted by Gasteiger charge is -2.27. The molecule has 0 fully saturated rings. The summed E-state index contributed by atoms with van der Waals surface area (Å²) in [7, 11) is 0. The van der Waals surface area contributed by atoms with Crippen LogP contribution in [0.5, 0.6) is 0 Å². The van der Waals surface area contributed by atoms with E-state index in [1.54, 1.807) is 12.1 Å². The van der Waals surface area contributed by atoms with Crippen LogP contribution in [0.4, 0.5) is 4.39 Å². The number of rotatable bonds is 3. The fourth-order valence-corrected chi connectivity index (χ4v) is 4.69. The van der Waals surface area contributed by atoms with Crippen molar-refractivity contribution in [3.05, 3.63) is 55.9 Å². The molecule has 4 heteroatoms. The van der Waals surface area contributed by atoms with E-state index in [9.17, 15) is 4.39 Å². The first-order valence-corrected chi connectivity index (χ1v) is 8.54. The van der Waals surface area contributed by atoms with Gasteiger partial charge in [0, 0.05) is 17.0 Å². The maximum absolute atomic E-state index is 13.3. The van der Waals surface area contributed by atoms with Crippen LogP contribution in [0.1, 0.15) is 47.9 Å². The maximum atomic E-state index is 13.3. The first-order chi connectivity index (χ1) is 9.63. The predicted molar refractivity (Wildman–Crippen MR) is 85.6 cm³/mol. The topological polar surface area (TPSA) is 12.0 Å². The van der Waals surface area contributed by atoms with Crippen LogP contribution in [-0.4, -0.2) is 0 Å². The van der Waals surface area contributed by atoms with Gasteiger partial charge in [-0.25, -0.2) is 4.39 Å². The third-order valence-corrected chi connectivity index (χ3v) is 5.60. The number of halogens is 2. The highest BCUT2D eigenvalue weighted by Gasteiger charge is 2.24. The summed E-state index contributed by atoms with van der Waals surface area (Å²) in [4.78, 5) is 1.48. The molecular weight excluding hydrogens is 337 g/mol. The quantitative estimate of drug-likeness (QED) is 0.781. The Morgan fingerprint density at radius 1 is 1.40 bits per heavy atom. The Bertz CT molecular complexity index is 610.